The Hall–Kier alpha value is -1.37. The van der Waals surface area contributed by atoms with E-state index in [1.165, 1.54) is 18.4 Å². The van der Waals surface area contributed by atoms with E-state index in [4.69, 9.17) is 5.26 Å². The topological polar surface area (TPSA) is 39.1 Å². The Balaban J connectivity index is 1.94. The lowest BCUT2D eigenvalue weighted by Gasteiger charge is -2.37. The first-order chi connectivity index (χ1) is 9.85. The first-order valence-corrected chi connectivity index (χ1v) is 7.71. The van der Waals surface area contributed by atoms with Gasteiger partial charge >= 0.3 is 0 Å². The lowest BCUT2D eigenvalue weighted by atomic mass is 9.93. The van der Waals surface area contributed by atoms with Crippen LogP contribution in [0.5, 0.6) is 0 Å². The van der Waals surface area contributed by atoms with Crippen LogP contribution >= 0.6 is 0 Å². The molecule has 0 saturated carbocycles. The third-order valence-electron chi connectivity index (χ3n) is 4.24. The Kier molecular flexibility index (Phi) is 6.04. The maximum absolute atomic E-state index is 9.11. The molecule has 1 aromatic rings. The van der Waals surface area contributed by atoms with Crippen LogP contribution < -0.4 is 5.32 Å². The van der Waals surface area contributed by atoms with Crippen LogP contribution in [0.1, 0.15) is 37.8 Å². The van der Waals surface area contributed by atoms with Crippen LogP contribution in [0, 0.1) is 17.2 Å². The SMILES string of the molecule is CCNCC1CCN(C(CC#N)c2ccccc2)CC1. The predicted octanol–water partition coefficient (Wildman–Crippen LogP) is 2.96. The molecule has 0 spiro atoms. The summed E-state index contributed by atoms with van der Waals surface area (Å²) in [6.07, 6.45) is 3.06. The fraction of sp³-hybridized carbons (Fsp3) is 0.588. The molecule has 3 nitrogen and oxygen atoms in total. The summed E-state index contributed by atoms with van der Waals surface area (Å²) >= 11 is 0. The van der Waals surface area contributed by atoms with Gasteiger partial charge in [-0.2, -0.15) is 5.26 Å². The molecule has 0 bridgehead atoms. The van der Waals surface area contributed by atoms with E-state index in [9.17, 15) is 0 Å². The van der Waals surface area contributed by atoms with Crippen molar-refractivity contribution in [3.05, 3.63) is 35.9 Å². The van der Waals surface area contributed by atoms with Crippen LogP contribution in [-0.4, -0.2) is 31.1 Å². The summed E-state index contributed by atoms with van der Waals surface area (Å²) in [6, 6.07) is 13.1. The Labute approximate surface area is 122 Å². The normalized spacial score (nSPS) is 18.6. The highest BCUT2D eigenvalue weighted by Crippen LogP contribution is 2.28. The van der Waals surface area contributed by atoms with Gasteiger partial charge in [0.1, 0.15) is 0 Å². The molecule has 1 N–H and O–H groups in total. The number of likely N-dealkylation sites (tertiary alicyclic amines) is 1. The van der Waals surface area contributed by atoms with Crippen molar-refractivity contribution in [2.24, 2.45) is 5.92 Å². The molecule has 1 fully saturated rings. The van der Waals surface area contributed by atoms with Crippen LogP contribution in [-0.2, 0) is 0 Å². The van der Waals surface area contributed by atoms with Crippen molar-refractivity contribution in [2.45, 2.75) is 32.2 Å². The molecule has 0 radical (unpaired) electrons. The molecule has 1 atom stereocenters. The standard InChI is InChI=1S/C17H25N3/c1-2-19-14-15-9-12-20(13-10-15)17(8-11-18)16-6-4-3-5-7-16/h3-7,15,17,19H,2,8-10,12-14H2,1H3. The van der Waals surface area contributed by atoms with E-state index in [2.05, 4.69) is 47.5 Å². The lowest BCUT2D eigenvalue weighted by molar-refractivity contribution is 0.133. The summed E-state index contributed by atoms with van der Waals surface area (Å²) in [5.41, 5.74) is 1.28. The minimum atomic E-state index is 0.265. The van der Waals surface area contributed by atoms with Crippen LogP contribution in [0.15, 0.2) is 30.3 Å². The molecule has 1 heterocycles. The number of hydrogen-bond donors (Lipinski definition) is 1. The number of piperidine rings is 1. The molecule has 108 valence electrons. The highest BCUT2D eigenvalue weighted by atomic mass is 15.2. The molecular formula is C17H25N3. The van der Waals surface area contributed by atoms with E-state index >= 15 is 0 Å². The van der Waals surface area contributed by atoms with Gasteiger partial charge in [0.05, 0.1) is 12.5 Å². The van der Waals surface area contributed by atoms with Crippen molar-refractivity contribution in [3.8, 4) is 6.07 Å². The Bertz CT molecular complexity index is 416. The minimum absolute atomic E-state index is 0.265. The summed E-state index contributed by atoms with van der Waals surface area (Å²) in [5, 5.41) is 12.6. The second kappa shape index (κ2) is 8.04. The summed E-state index contributed by atoms with van der Waals surface area (Å²) in [4.78, 5) is 2.49. The summed E-state index contributed by atoms with van der Waals surface area (Å²) in [6.45, 7) is 6.57. The van der Waals surface area contributed by atoms with Gasteiger partial charge in [0, 0.05) is 6.04 Å². The van der Waals surface area contributed by atoms with Gasteiger partial charge in [-0.3, -0.25) is 4.90 Å². The van der Waals surface area contributed by atoms with Crippen molar-refractivity contribution in [3.63, 3.8) is 0 Å². The number of hydrogen-bond acceptors (Lipinski definition) is 3. The maximum Gasteiger partial charge on any atom is 0.0641 e. The smallest absolute Gasteiger partial charge is 0.0641 e. The zero-order valence-corrected chi connectivity index (χ0v) is 12.4. The molecule has 1 saturated heterocycles. The second-order valence-electron chi connectivity index (χ2n) is 5.58. The number of rotatable bonds is 6. The lowest BCUT2D eigenvalue weighted by Crippen LogP contribution is -2.39. The number of nitrogens with zero attached hydrogens (tertiary/aromatic N) is 2. The van der Waals surface area contributed by atoms with Gasteiger partial charge in [0.2, 0.25) is 0 Å². The Morgan fingerprint density at radius 1 is 1.30 bits per heavy atom. The average molecular weight is 271 g/mol. The van der Waals surface area contributed by atoms with Crippen molar-refractivity contribution in [1.82, 2.24) is 10.2 Å². The first kappa shape index (κ1) is 15.0. The zero-order valence-electron chi connectivity index (χ0n) is 12.4. The minimum Gasteiger partial charge on any atom is -0.317 e. The molecule has 2 rings (SSSR count). The van der Waals surface area contributed by atoms with Gasteiger partial charge in [0.15, 0.2) is 0 Å². The van der Waals surface area contributed by atoms with Gasteiger partial charge in [-0.05, 0) is 50.5 Å². The summed E-state index contributed by atoms with van der Waals surface area (Å²) in [5.74, 6) is 0.796. The molecule has 0 aliphatic carbocycles. The fourth-order valence-electron chi connectivity index (χ4n) is 3.04. The molecule has 0 aromatic heterocycles. The monoisotopic (exact) mass is 271 g/mol. The highest BCUT2D eigenvalue weighted by molar-refractivity contribution is 5.20. The molecule has 20 heavy (non-hydrogen) atoms. The van der Waals surface area contributed by atoms with Crippen LogP contribution in [0.4, 0.5) is 0 Å². The zero-order chi connectivity index (χ0) is 14.2. The molecule has 0 amide bonds. The van der Waals surface area contributed by atoms with Crippen molar-refractivity contribution < 1.29 is 0 Å². The summed E-state index contributed by atoms with van der Waals surface area (Å²) in [7, 11) is 0. The third-order valence-corrected chi connectivity index (χ3v) is 4.24. The molecular weight excluding hydrogens is 246 g/mol. The Morgan fingerprint density at radius 2 is 2.00 bits per heavy atom. The molecule has 1 aliphatic heterocycles. The predicted molar refractivity (Wildman–Crippen MR) is 82.3 cm³/mol. The maximum atomic E-state index is 9.11. The van der Waals surface area contributed by atoms with Crippen LogP contribution in [0.2, 0.25) is 0 Å². The van der Waals surface area contributed by atoms with E-state index in [0.29, 0.717) is 6.42 Å². The molecule has 3 heteroatoms. The van der Waals surface area contributed by atoms with E-state index in [0.717, 1.165) is 32.1 Å². The first-order valence-electron chi connectivity index (χ1n) is 7.71. The van der Waals surface area contributed by atoms with Gasteiger partial charge in [0.25, 0.3) is 0 Å². The van der Waals surface area contributed by atoms with E-state index in [1.807, 2.05) is 6.07 Å². The van der Waals surface area contributed by atoms with Crippen LogP contribution in [0.25, 0.3) is 0 Å². The molecule has 1 aromatic carbocycles. The van der Waals surface area contributed by atoms with Gasteiger partial charge in [-0.1, -0.05) is 37.3 Å². The van der Waals surface area contributed by atoms with E-state index < -0.39 is 0 Å². The third kappa shape index (κ3) is 4.06. The number of benzene rings is 1. The summed E-state index contributed by atoms with van der Waals surface area (Å²) < 4.78 is 0. The second-order valence-corrected chi connectivity index (χ2v) is 5.58. The quantitative estimate of drug-likeness (QED) is 0.864. The van der Waals surface area contributed by atoms with Crippen molar-refractivity contribution >= 4 is 0 Å². The van der Waals surface area contributed by atoms with Crippen molar-refractivity contribution in [2.75, 3.05) is 26.2 Å². The number of nitrogens with one attached hydrogen (secondary N) is 1. The number of nitriles is 1. The van der Waals surface area contributed by atoms with Crippen LogP contribution in [0.3, 0.4) is 0 Å². The van der Waals surface area contributed by atoms with E-state index in [1.54, 1.807) is 0 Å². The van der Waals surface area contributed by atoms with Gasteiger partial charge in [-0.15, -0.1) is 0 Å². The van der Waals surface area contributed by atoms with Gasteiger partial charge < -0.3 is 5.32 Å². The molecule has 1 aliphatic rings. The average Bonchev–Trinajstić information content (AvgIpc) is 2.52. The van der Waals surface area contributed by atoms with Gasteiger partial charge in [-0.25, -0.2) is 0 Å². The fourth-order valence-corrected chi connectivity index (χ4v) is 3.04. The van der Waals surface area contributed by atoms with E-state index in [-0.39, 0.29) is 6.04 Å². The largest absolute Gasteiger partial charge is 0.317 e. The Morgan fingerprint density at radius 3 is 2.60 bits per heavy atom. The highest BCUT2D eigenvalue weighted by Gasteiger charge is 2.25. The molecule has 1 unspecified atom stereocenters. The van der Waals surface area contributed by atoms with Crippen molar-refractivity contribution in [1.29, 1.82) is 5.26 Å².